The molecule has 0 spiro atoms. The highest BCUT2D eigenvalue weighted by Gasteiger charge is 2.24. The Kier molecular flexibility index (Phi) is 5.43. The van der Waals surface area contributed by atoms with Gasteiger partial charge in [0.05, 0.1) is 12.1 Å². The summed E-state index contributed by atoms with van der Waals surface area (Å²) in [7, 11) is 1.81. The van der Waals surface area contributed by atoms with Gasteiger partial charge in [0, 0.05) is 24.7 Å². The Morgan fingerprint density at radius 1 is 1.50 bits per heavy atom. The van der Waals surface area contributed by atoms with Crippen LogP contribution in [-0.4, -0.2) is 36.7 Å². The smallest absolute Gasteiger partial charge is 0.317 e. The van der Waals surface area contributed by atoms with E-state index in [2.05, 4.69) is 21.2 Å². The highest BCUT2D eigenvalue weighted by molar-refractivity contribution is 9.10. The molecular formula is C15H21BrN2O2. The fourth-order valence-electron chi connectivity index (χ4n) is 2.33. The van der Waals surface area contributed by atoms with Gasteiger partial charge >= 0.3 is 6.03 Å². The number of amides is 2. The first kappa shape index (κ1) is 15.3. The topological polar surface area (TPSA) is 41.6 Å². The van der Waals surface area contributed by atoms with Crippen LogP contribution in [0.2, 0.25) is 0 Å². The van der Waals surface area contributed by atoms with Crippen LogP contribution in [0.5, 0.6) is 0 Å². The molecule has 2 rings (SSSR count). The zero-order valence-corrected chi connectivity index (χ0v) is 13.5. The van der Waals surface area contributed by atoms with Crippen molar-refractivity contribution >= 4 is 22.0 Å². The van der Waals surface area contributed by atoms with E-state index in [4.69, 9.17) is 4.74 Å². The van der Waals surface area contributed by atoms with Crippen molar-refractivity contribution in [2.75, 3.05) is 13.7 Å². The third-order valence-electron chi connectivity index (χ3n) is 3.55. The minimum atomic E-state index is -0.0593. The molecule has 1 aliphatic rings. The molecule has 1 aromatic rings. The normalized spacial score (nSPS) is 19.6. The molecule has 1 saturated heterocycles. The molecule has 0 bridgehead atoms. The molecule has 5 heteroatoms. The van der Waals surface area contributed by atoms with Gasteiger partial charge in [-0.1, -0.05) is 28.1 Å². The van der Waals surface area contributed by atoms with Gasteiger partial charge in [0.1, 0.15) is 0 Å². The lowest BCUT2D eigenvalue weighted by atomic mass is 10.1. The summed E-state index contributed by atoms with van der Waals surface area (Å²) in [6.45, 7) is 3.40. The van der Waals surface area contributed by atoms with Gasteiger partial charge in [0.15, 0.2) is 0 Å². The molecule has 4 nitrogen and oxygen atoms in total. The SMILES string of the molecule is C[C@@H](NC(=O)N(C)Cc1ccc(Br)cc1)[C@@H]1CCCO1. The number of nitrogens with one attached hydrogen (secondary N) is 1. The van der Waals surface area contributed by atoms with E-state index in [1.807, 2.05) is 31.2 Å². The van der Waals surface area contributed by atoms with Gasteiger partial charge < -0.3 is 15.0 Å². The van der Waals surface area contributed by atoms with E-state index < -0.39 is 0 Å². The summed E-state index contributed by atoms with van der Waals surface area (Å²) in [5.41, 5.74) is 1.11. The number of rotatable bonds is 4. The standard InChI is InChI=1S/C15H21BrN2O2/c1-11(14-4-3-9-20-14)17-15(19)18(2)10-12-5-7-13(16)8-6-12/h5-8,11,14H,3-4,9-10H2,1-2H3,(H,17,19)/t11-,14+/m1/s1. The Morgan fingerprint density at radius 3 is 2.80 bits per heavy atom. The highest BCUT2D eigenvalue weighted by Crippen LogP contribution is 2.16. The van der Waals surface area contributed by atoms with Gasteiger partial charge in [-0.05, 0) is 37.5 Å². The van der Waals surface area contributed by atoms with Gasteiger partial charge in [0.25, 0.3) is 0 Å². The molecule has 1 heterocycles. The second-order valence-corrected chi connectivity index (χ2v) is 6.19. The van der Waals surface area contributed by atoms with Gasteiger partial charge in [-0.3, -0.25) is 0 Å². The molecule has 2 amide bonds. The number of hydrogen-bond acceptors (Lipinski definition) is 2. The summed E-state index contributed by atoms with van der Waals surface area (Å²) in [4.78, 5) is 13.8. The largest absolute Gasteiger partial charge is 0.376 e. The van der Waals surface area contributed by atoms with Gasteiger partial charge in [-0.15, -0.1) is 0 Å². The quantitative estimate of drug-likeness (QED) is 0.914. The van der Waals surface area contributed by atoms with Crippen LogP contribution < -0.4 is 5.32 Å². The number of halogens is 1. The first-order valence-corrected chi connectivity index (χ1v) is 7.73. The van der Waals surface area contributed by atoms with Crippen LogP contribution >= 0.6 is 15.9 Å². The van der Waals surface area contributed by atoms with Crippen molar-refractivity contribution in [3.63, 3.8) is 0 Å². The van der Waals surface area contributed by atoms with Crippen molar-refractivity contribution in [2.24, 2.45) is 0 Å². The van der Waals surface area contributed by atoms with E-state index in [1.165, 1.54) is 0 Å². The zero-order valence-electron chi connectivity index (χ0n) is 11.9. The maximum absolute atomic E-state index is 12.1. The molecule has 1 N–H and O–H groups in total. The number of carbonyl (C=O) groups excluding carboxylic acids is 1. The Labute approximate surface area is 128 Å². The number of ether oxygens (including phenoxy) is 1. The number of urea groups is 1. The lowest BCUT2D eigenvalue weighted by Crippen LogP contribution is -2.46. The first-order valence-electron chi connectivity index (χ1n) is 6.94. The molecule has 0 aliphatic carbocycles. The van der Waals surface area contributed by atoms with E-state index in [0.717, 1.165) is 29.5 Å². The van der Waals surface area contributed by atoms with Crippen LogP contribution in [0.3, 0.4) is 0 Å². The molecule has 1 aromatic carbocycles. The van der Waals surface area contributed by atoms with Gasteiger partial charge in [-0.25, -0.2) is 4.79 Å². The first-order chi connectivity index (χ1) is 9.56. The van der Waals surface area contributed by atoms with Crippen molar-refractivity contribution in [3.8, 4) is 0 Å². The average Bonchev–Trinajstić information content (AvgIpc) is 2.95. The second kappa shape index (κ2) is 7.09. The van der Waals surface area contributed by atoms with E-state index in [-0.39, 0.29) is 18.2 Å². The zero-order chi connectivity index (χ0) is 14.5. The Hall–Kier alpha value is -1.07. The Morgan fingerprint density at radius 2 is 2.20 bits per heavy atom. The third-order valence-corrected chi connectivity index (χ3v) is 4.08. The average molecular weight is 341 g/mol. The fraction of sp³-hybridized carbons (Fsp3) is 0.533. The van der Waals surface area contributed by atoms with Crippen LogP contribution in [0.25, 0.3) is 0 Å². The third kappa shape index (κ3) is 4.21. The second-order valence-electron chi connectivity index (χ2n) is 5.27. The monoisotopic (exact) mass is 340 g/mol. The summed E-state index contributed by atoms with van der Waals surface area (Å²) < 4.78 is 6.63. The summed E-state index contributed by atoms with van der Waals surface area (Å²) in [6.07, 6.45) is 2.26. The van der Waals surface area contributed by atoms with Gasteiger partial charge in [-0.2, -0.15) is 0 Å². The van der Waals surface area contributed by atoms with E-state index in [1.54, 1.807) is 11.9 Å². The lowest BCUT2D eigenvalue weighted by Gasteiger charge is -2.24. The molecular weight excluding hydrogens is 320 g/mol. The summed E-state index contributed by atoms with van der Waals surface area (Å²) in [5, 5.41) is 3.01. The van der Waals surface area contributed by atoms with Gasteiger partial charge in [0.2, 0.25) is 0 Å². The molecule has 0 aromatic heterocycles. The molecule has 20 heavy (non-hydrogen) atoms. The molecule has 1 fully saturated rings. The summed E-state index contributed by atoms with van der Waals surface area (Å²) >= 11 is 3.40. The molecule has 2 atom stereocenters. The Balaban J connectivity index is 1.83. The predicted molar refractivity (Wildman–Crippen MR) is 82.6 cm³/mol. The predicted octanol–water partition coefficient (Wildman–Crippen LogP) is 3.16. The summed E-state index contributed by atoms with van der Waals surface area (Å²) in [5.74, 6) is 0. The molecule has 0 radical (unpaired) electrons. The van der Waals surface area contributed by atoms with Crippen LogP contribution in [0.1, 0.15) is 25.3 Å². The van der Waals surface area contributed by atoms with Crippen LogP contribution in [0.15, 0.2) is 28.7 Å². The number of benzene rings is 1. The van der Waals surface area contributed by atoms with Crippen molar-refractivity contribution in [1.82, 2.24) is 10.2 Å². The minimum Gasteiger partial charge on any atom is -0.376 e. The van der Waals surface area contributed by atoms with Crippen molar-refractivity contribution < 1.29 is 9.53 Å². The molecule has 0 unspecified atom stereocenters. The molecule has 1 aliphatic heterocycles. The molecule has 110 valence electrons. The number of carbonyl (C=O) groups is 1. The van der Waals surface area contributed by atoms with E-state index in [0.29, 0.717) is 6.54 Å². The maximum Gasteiger partial charge on any atom is 0.317 e. The lowest BCUT2D eigenvalue weighted by molar-refractivity contribution is 0.0838. The van der Waals surface area contributed by atoms with Crippen LogP contribution in [0.4, 0.5) is 4.79 Å². The fourth-order valence-corrected chi connectivity index (χ4v) is 2.59. The number of nitrogens with zero attached hydrogens (tertiary/aromatic N) is 1. The summed E-state index contributed by atoms with van der Waals surface area (Å²) in [6, 6.07) is 7.98. The minimum absolute atomic E-state index is 0.0531. The number of hydrogen-bond donors (Lipinski definition) is 1. The van der Waals surface area contributed by atoms with Crippen LogP contribution in [0, 0.1) is 0 Å². The van der Waals surface area contributed by atoms with E-state index >= 15 is 0 Å². The van der Waals surface area contributed by atoms with E-state index in [9.17, 15) is 4.79 Å². The van der Waals surface area contributed by atoms with Crippen molar-refractivity contribution in [1.29, 1.82) is 0 Å². The maximum atomic E-state index is 12.1. The highest BCUT2D eigenvalue weighted by atomic mass is 79.9. The van der Waals surface area contributed by atoms with Crippen molar-refractivity contribution in [3.05, 3.63) is 34.3 Å². The molecule has 0 saturated carbocycles. The van der Waals surface area contributed by atoms with Crippen LogP contribution in [-0.2, 0) is 11.3 Å². The van der Waals surface area contributed by atoms with Crippen molar-refractivity contribution in [2.45, 2.75) is 38.5 Å². The Bertz CT molecular complexity index is 444.